The van der Waals surface area contributed by atoms with Crippen molar-refractivity contribution in [1.29, 1.82) is 0 Å². The second-order valence-corrected chi connectivity index (χ2v) is 5.06. The lowest BCUT2D eigenvalue weighted by molar-refractivity contribution is -0.385. The molecule has 7 heteroatoms. The molecule has 2 rings (SSSR count). The van der Waals surface area contributed by atoms with Gasteiger partial charge in [0.1, 0.15) is 0 Å². The maximum atomic E-state index is 12.3. The predicted molar refractivity (Wildman–Crippen MR) is 73.0 cm³/mol. The van der Waals surface area contributed by atoms with Crippen molar-refractivity contribution in [1.82, 2.24) is 10.6 Å². The number of methoxy groups -OCH3 is 1. The molecule has 1 aliphatic heterocycles. The molecular formula is C13H17N3O4. The zero-order chi connectivity index (χ0) is 14.8. The molecule has 0 bridgehead atoms. The Labute approximate surface area is 116 Å². The van der Waals surface area contributed by atoms with Gasteiger partial charge in [0.15, 0.2) is 0 Å². The van der Waals surface area contributed by atoms with Crippen molar-refractivity contribution in [2.45, 2.75) is 18.9 Å². The van der Waals surface area contributed by atoms with E-state index in [1.54, 1.807) is 0 Å². The molecule has 1 heterocycles. The number of rotatable bonds is 4. The minimum absolute atomic E-state index is 0.00967. The summed E-state index contributed by atoms with van der Waals surface area (Å²) in [5.74, 6) is -0.374. The summed E-state index contributed by atoms with van der Waals surface area (Å²) in [6.07, 6.45) is 0.815. The van der Waals surface area contributed by atoms with E-state index in [0.717, 1.165) is 13.0 Å². The number of nitro groups is 1. The molecule has 0 saturated carbocycles. The lowest BCUT2D eigenvalue weighted by Crippen LogP contribution is -2.47. The fourth-order valence-electron chi connectivity index (χ4n) is 2.33. The van der Waals surface area contributed by atoms with Crippen LogP contribution in [-0.2, 0) is 0 Å². The summed E-state index contributed by atoms with van der Waals surface area (Å²) in [6.45, 7) is 3.45. The van der Waals surface area contributed by atoms with E-state index in [9.17, 15) is 14.9 Å². The Bertz CT molecular complexity index is 538. The minimum Gasteiger partial charge on any atom is -0.490 e. The number of para-hydroxylation sites is 1. The number of hydrogen-bond acceptors (Lipinski definition) is 5. The van der Waals surface area contributed by atoms with Gasteiger partial charge >= 0.3 is 5.69 Å². The van der Waals surface area contributed by atoms with Crippen molar-refractivity contribution >= 4 is 11.6 Å². The molecule has 0 radical (unpaired) electrons. The smallest absolute Gasteiger partial charge is 0.311 e. The van der Waals surface area contributed by atoms with Gasteiger partial charge in [0.05, 0.1) is 23.1 Å². The van der Waals surface area contributed by atoms with Crippen molar-refractivity contribution in [2.75, 3.05) is 20.2 Å². The number of ether oxygens (including phenoxy) is 1. The summed E-state index contributed by atoms with van der Waals surface area (Å²) in [5, 5.41) is 17.0. The van der Waals surface area contributed by atoms with Gasteiger partial charge < -0.3 is 15.4 Å². The van der Waals surface area contributed by atoms with Gasteiger partial charge in [-0.15, -0.1) is 0 Å². The zero-order valence-electron chi connectivity index (χ0n) is 11.4. The van der Waals surface area contributed by atoms with Crippen LogP contribution in [0.25, 0.3) is 0 Å². The standard InChI is InChI=1S/C13H17N3O4/c1-13(6-7-14-8-13)15-12(17)9-4-3-5-10(16(18)19)11(9)20-2/h3-5,14H,6-8H2,1-2H3,(H,15,17). The number of amides is 1. The quantitative estimate of drug-likeness (QED) is 0.635. The third kappa shape index (κ3) is 2.72. The molecule has 1 aliphatic rings. The second kappa shape index (κ2) is 5.46. The third-order valence-electron chi connectivity index (χ3n) is 3.42. The normalized spacial score (nSPS) is 21.5. The molecule has 1 unspecified atom stereocenters. The molecule has 1 saturated heterocycles. The molecule has 1 aromatic carbocycles. The van der Waals surface area contributed by atoms with Gasteiger partial charge in [-0.25, -0.2) is 0 Å². The fourth-order valence-corrected chi connectivity index (χ4v) is 2.33. The Hall–Kier alpha value is -2.15. The highest BCUT2D eigenvalue weighted by atomic mass is 16.6. The average Bonchev–Trinajstić information content (AvgIpc) is 2.83. The van der Waals surface area contributed by atoms with Gasteiger partial charge in [0.2, 0.25) is 5.75 Å². The predicted octanol–water partition coefficient (Wildman–Crippen LogP) is 1.09. The molecule has 1 atom stereocenters. The van der Waals surface area contributed by atoms with Crippen molar-refractivity contribution < 1.29 is 14.5 Å². The first kappa shape index (κ1) is 14.3. The Balaban J connectivity index is 2.30. The number of nitrogens with zero attached hydrogens (tertiary/aromatic N) is 1. The second-order valence-electron chi connectivity index (χ2n) is 5.06. The molecule has 2 N–H and O–H groups in total. The first-order valence-corrected chi connectivity index (χ1v) is 6.31. The van der Waals surface area contributed by atoms with Crippen LogP contribution in [0.3, 0.4) is 0 Å². The monoisotopic (exact) mass is 279 g/mol. The molecule has 0 spiro atoms. The lowest BCUT2D eigenvalue weighted by Gasteiger charge is -2.24. The van der Waals surface area contributed by atoms with Crippen LogP contribution in [0.5, 0.6) is 5.75 Å². The van der Waals surface area contributed by atoms with Crippen LogP contribution in [-0.4, -0.2) is 36.6 Å². The van der Waals surface area contributed by atoms with Gasteiger partial charge in [-0.05, 0) is 26.0 Å². The van der Waals surface area contributed by atoms with Crippen LogP contribution < -0.4 is 15.4 Å². The Kier molecular flexibility index (Phi) is 3.89. The maximum absolute atomic E-state index is 12.3. The molecule has 1 fully saturated rings. The highest BCUT2D eigenvalue weighted by Gasteiger charge is 2.32. The van der Waals surface area contributed by atoms with Gasteiger partial charge in [-0.3, -0.25) is 14.9 Å². The van der Waals surface area contributed by atoms with E-state index >= 15 is 0 Å². The van der Waals surface area contributed by atoms with Gasteiger partial charge in [-0.2, -0.15) is 0 Å². The summed E-state index contributed by atoms with van der Waals surface area (Å²) in [6, 6.07) is 4.31. The van der Waals surface area contributed by atoms with E-state index < -0.39 is 4.92 Å². The largest absolute Gasteiger partial charge is 0.490 e. The average molecular weight is 279 g/mol. The van der Waals surface area contributed by atoms with E-state index in [1.807, 2.05) is 6.92 Å². The first-order valence-electron chi connectivity index (χ1n) is 6.31. The van der Waals surface area contributed by atoms with Crippen LogP contribution in [0.15, 0.2) is 18.2 Å². The van der Waals surface area contributed by atoms with E-state index in [1.165, 1.54) is 25.3 Å². The molecule has 7 nitrogen and oxygen atoms in total. The molecule has 0 aromatic heterocycles. The lowest BCUT2D eigenvalue weighted by atomic mass is 10.0. The van der Waals surface area contributed by atoms with E-state index in [-0.39, 0.29) is 28.4 Å². The molecule has 108 valence electrons. The van der Waals surface area contributed by atoms with Gasteiger partial charge in [-0.1, -0.05) is 6.07 Å². The van der Waals surface area contributed by atoms with Crippen LogP contribution in [0.4, 0.5) is 5.69 Å². The summed E-state index contributed by atoms with van der Waals surface area (Å²) in [7, 11) is 1.32. The number of carbonyl (C=O) groups is 1. The minimum atomic E-state index is -0.561. The topological polar surface area (TPSA) is 93.5 Å². The number of nitrogens with one attached hydrogen (secondary N) is 2. The maximum Gasteiger partial charge on any atom is 0.311 e. The van der Waals surface area contributed by atoms with E-state index in [4.69, 9.17) is 4.74 Å². The molecule has 1 amide bonds. The van der Waals surface area contributed by atoms with Crippen LogP contribution >= 0.6 is 0 Å². The van der Waals surface area contributed by atoms with Crippen molar-refractivity contribution in [2.24, 2.45) is 0 Å². The van der Waals surface area contributed by atoms with Crippen LogP contribution in [0, 0.1) is 10.1 Å². The first-order chi connectivity index (χ1) is 9.47. The van der Waals surface area contributed by atoms with Crippen LogP contribution in [0.1, 0.15) is 23.7 Å². The Morgan fingerprint density at radius 1 is 1.55 bits per heavy atom. The SMILES string of the molecule is COc1c(C(=O)NC2(C)CCNC2)cccc1[N+](=O)[O-]. The van der Waals surface area contributed by atoms with Crippen molar-refractivity contribution in [3.63, 3.8) is 0 Å². The number of carbonyl (C=O) groups excluding carboxylic acids is 1. The van der Waals surface area contributed by atoms with Crippen molar-refractivity contribution in [3.8, 4) is 5.75 Å². The summed E-state index contributed by atoms with van der Waals surface area (Å²) in [4.78, 5) is 22.7. The third-order valence-corrected chi connectivity index (χ3v) is 3.42. The van der Waals surface area contributed by atoms with Crippen molar-refractivity contribution in [3.05, 3.63) is 33.9 Å². The summed E-state index contributed by atoms with van der Waals surface area (Å²) >= 11 is 0. The Morgan fingerprint density at radius 3 is 2.85 bits per heavy atom. The number of hydrogen-bond donors (Lipinski definition) is 2. The fraction of sp³-hybridized carbons (Fsp3) is 0.462. The summed E-state index contributed by atoms with van der Waals surface area (Å²) in [5.41, 5.74) is -0.378. The highest BCUT2D eigenvalue weighted by Crippen LogP contribution is 2.31. The molecule has 1 aromatic rings. The zero-order valence-corrected chi connectivity index (χ0v) is 11.4. The highest BCUT2D eigenvalue weighted by molar-refractivity contribution is 5.98. The van der Waals surface area contributed by atoms with E-state index in [0.29, 0.717) is 6.54 Å². The number of nitro benzene ring substituents is 1. The van der Waals surface area contributed by atoms with Gasteiger partial charge in [0, 0.05) is 12.6 Å². The van der Waals surface area contributed by atoms with Gasteiger partial charge in [0.25, 0.3) is 5.91 Å². The summed E-state index contributed by atoms with van der Waals surface area (Å²) < 4.78 is 5.04. The Morgan fingerprint density at radius 2 is 2.30 bits per heavy atom. The molecule has 20 heavy (non-hydrogen) atoms. The molecular weight excluding hydrogens is 262 g/mol. The van der Waals surface area contributed by atoms with Crippen LogP contribution in [0.2, 0.25) is 0 Å². The number of benzene rings is 1. The molecule has 0 aliphatic carbocycles. The van der Waals surface area contributed by atoms with E-state index in [2.05, 4.69) is 10.6 Å².